The maximum absolute atomic E-state index is 12.0. The standard InChI is InChI=1S/C17H21N3O3/c1-4-16(22)19(2)11-15(21)18-13-7-9-14(10-8-13)20(3)17(23)12-5-6-12/h4,7-10,12H,1,5-6,11H2,2-3H3,(H,18,21). The second kappa shape index (κ2) is 7.09. The van der Waals surface area contributed by atoms with E-state index in [4.69, 9.17) is 0 Å². The van der Waals surface area contributed by atoms with Gasteiger partial charge in [-0.2, -0.15) is 0 Å². The molecular formula is C17H21N3O3. The fourth-order valence-electron chi connectivity index (χ4n) is 2.15. The summed E-state index contributed by atoms with van der Waals surface area (Å²) in [5.41, 5.74) is 1.41. The number of anilines is 2. The minimum atomic E-state index is -0.310. The Morgan fingerprint density at radius 1 is 1.22 bits per heavy atom. The summed E-state index contributed by atoms with van der Waals surface area (Å²) in [6.07, 6.45) is 3.09. The topological polar surface area (TPSA) is 69.7 Å². The molecule has 0 spiro atoms. The van der Waals surface area contributed by atoms with Crippen molar-refractivity contribution in [2.45, 2.75) is 12.8 Å². The number of amides is 3. The Kier molecular flexibility index (Phi) is 5.16. The zero-order chi connectivity index (χ0) is 17.0. The molecule has 0 aromatic heterocycles. The Morgan fingerprint density at radius 2 is 1.83 bits per heavy atom. The second-order valence-corrected chi connectivity index (χ2v) is 5.67. The minimum absolute atomic E-state index is 0.0489. The van der Waals surface area contributed by atoms with Crippen molar-refractivity contribution in [3.8, 4) is 0 Å². The fourth-order valence-corrected chi connectivity index (χ4v) is 2.15. The predicted octanol–water partition coefficient (Wildman–Crippen LogP) is 1.64. The highest BCUT2D eigenvalue weighted by atomic mass is 16.2. The van der Waals surface area contributed by atoms with Crippen LogP contribution in [0.5, 0.6) is 0 Å². The first-order valence-electron chi connectivity index (χ1n) is 7.47. The lowest BCUT2D eigenvalue weighted by molar-refractivity contribution is -0.129. The summed E-state index contributed by atoms with van der Waals surface area (Å²) < 4.78 is 0. The minimum Gasteiger partial charge on any atom is -0.333 e. The van der Waals surface area contributed by atoms with Crippen molar-refractivity contribution < 1.29 is 14.4 Å². The van der Waals surface area contributed by atoms with E-state index in [1.807, 2.05) is 0 Å². The number of carbonyl (C=O) groups excluding carboxylic acids is 3. The summed E-state index contributed by atoms with van der Waals surface area (Å²) in [4.78, 5) is 38.1. The molecule has 0 bridgehead atoms. The molecule has 0 radical (unpaired) electrons. The summed E-state index contributed by atoms with van der Waals surface area (Å²) in [7, 11) is 3.29. The lowest BCUT2D eigenvalue weighted by Crippen LogP contribution is -2.33. The summed E-state index contributed by atoms with van der Waals surface area (Å²) in [5.74, 6) is -0.308. The smallest absolute Gasteiger partial charge is 0.246 e. The zero-order valence-corrected chi connectivity index (χ0v) is 13.4. The van der Waals surface area contributed by atoms with Crippen molar-refractivity contribution in [1.82, 2.24) is 4.90 Å². The van der Waals surface area contributed by atoms with Crippen LogP contribution >= 0.6 is 0 Å². The van der Waals surface area contributed by atoms with E-state index in [9.17, 15) is 14.4 Å². The third-order valence-electron chi connectivity index (χ3n) is 3.73. The van der Waals surface area contributed by atoms with Crippen LogP contribution in [0.2, 0.25) is 0 Å². The van der Waals surface area contributed by atoms with Crippen LogP contribution in [-0.4, -0.2) is 43.3 Å². The van der Waals surface area contributed by atoms with Crippen LogP contribution in [0.1, 0.15) is 12.8 Å². The highest BCUT2D eigenvalue weighted by molar-refractivity contribution is 5.98. The van der Waals surface area contributed by atoms with Crippen molar-refractivity contribution >= 4 is 29.1 Å². The molecule has 2 rings (SSSR count). The van der Waals surface area contributed by atoms with Gasteiger partial charge in [-0.05, 0) is 43.2 Å². The van der Waals surface area contributed by atoms with Crippen LogP contribution in [0.25, 0.3) is 0 Å². The van der Waals surface area contributed by atoms with E-state index in [0.29, 0.717) is 5.69 Å². The Balaban J connectivity index is 1.91. The Hall–Kier alpha value is -2.63. The molecule has 6 nitrogen and oxygen atoms in total. The maximum atomic E-state index is 12.0. The van der Waals surface area contributed by atoms with E-state index in [-0.39, 0.29) is 30.2 Å². The summed E-state index contributed by atoms with van der Waals surface area (Å²) in [6.45, 7) is 3.33. The van der Waals surface area contributed by atoms with Gasteiger partial charge in [0.05, 0.1) is 6.54 Å². The number of hydrogen-bond donors (Lipinski definition) is 1. The number of nitrogens with one attached hydrogen (secondary N) is 1. The van der Waals surface area contributed by atoms with E-state index in [0.717, 1.165) is 24.6 Å². The van der Waals surface area contributed by atoms with Gasteiger partial charge >= 0.3 is 0 Å². The quantitative estimate of drug-likeness (QED) is 0.811. The average molecular weight is 315 g/mol. The number of rotatable bonds is 6. The third kappa shape index (κ3) is 4.42. The number of nitrogens with zero attached hydrogens (tertiary/aromatic N) is 2. The van der Waals surface area contributed by atoms with Gasteiger partial charge in [-0.25, -0.2) is 0 Å². The maximum Gasteiger partial charge on any atom is 0.246 e. The van der Waals surface area contributed by atoms with Gasteiger partial charge in [0.25, 0.3) is 0 Å². The van der Waals surface area contributed by atoms with Crippen LogP contribution in [-0.2, 0) is 14.4 Å². The summed E-state index contributed by atoms with van der Waals surface area (Å²) in [5, 5.41) is 2.71. The number of benzene rings is 1. The fraction of sp³-hybridized carbons (Fsp3) is 0.353. The Morgan fingerprint density at radius 3 is 2.35 bits per heavy atom. The number of carbonyl (C=O) groups is 3. The molecular weight excluding hydrogens is 294 g/mol. The highest BCUT2D eigenvalue weighted by Crippen LogP contribution is 2.32. The van der Waals surface area contributed by atoms with Crippen LogP contribution < -0.4 is 10.2 Å². The van der Waals surface area contributed by atoms with Crippen molar-refractivity contribution in [2.24, 2.45) is 5.92 Å². The van der Waals surface area contributed by atoms with E-state index in [1.54, 1.807) is 36.2 Å². The predicted molar refractivity (Wildman–Crippen MR) is 89.0 cm³/mol. The Labute approximate surface area is 135 Å². The molecule has 0 unspecified atom stereocenters. The SMILES string of the molecule is C=CC(=O)N(C)CC(=O)Nc1ccc(N(C)C(=O)C2CC2)cc1. The lowest BCUT2D eigenvalue weighted by atomic mass is 10.2. The van der Waals surface area contributed by atoms with Crippen LogP contribution in [0.3, 0.4) is 0 Å². The molecule has 1 aromatic carbocycles. The van der Waals surface area contributed by atoms with Gasteiger partial charge in [0, 0.05) is 31.4 Å². The molecule has 122 valence electrons. The molecule has 1 aliphatic rings. The molecule has 0 saturated heterocycles. The van der Waals surface area contributed by atoms with Crippen LogP contribution in [0, 0.1) is 5.92 Å². The first kappa shape index (κ1) is 16.7. The van der Waals surface area contributed by atoms with Crippen molar-refractivity contribution in [3.05, 3.63) is 36.9 Å². The summed E-state index contributed by atoms with van der Waals surface area (Å²) in [6, 6.07) is 7.04. The molecule has 0 heterocycles. The molecule has 3 amide bonds. The molecule has 6 heteroatoms. The van der Waals surface area contributed by atoms with Crippen molar-refractivity contribution in [2.75, 3.05) is 30.9 Å². The van der Waals surface area contributed by atoms with E-state index >= 15 is 0 Å². The van der Waals surface area contributed by atoms with Gasteiger partial charge < -0.3 is 15.1 Å². The third-order valence-corrected chi connectivity index (χ3v) is 3.73. The molecule has 1 saturated carbocycles. The molecule has 1 aliphatic carbocycles. The van der Waals surface area contributed by atoms with Gasteiger partial charge in [-0.15, -0.1) is 0 Å². The molecule has 23 heavy (non-hydrogen) atoms. The highest BCUT2D eigenvalue weighted by Gasteiger charge is 2.32. The van der Waals surface area contributed by atoms with Crippen LogP contribution in [0.15, 0.2) is 36.9 Å². The van der Waals surface area contributed by atoms with Gasteiger partial charge in [-0.1, -0.05) is 6.58 Å². The molecule has 0 aliphatic heterocycles. The van der Waals surface area contributed by atoms with Gasteiger partial charge in [0.15, 0.2) is 0 Å². The molecule has 1 fully saturated rings. The van der Waals surface area contributed by atoms with E-state index in [2.05, 4.69) is 11.9 Å². The summed E-state index contributed by atoms with van der Waals surface area (Å²) >= 11 is 0. The first-order chi connectivity index (χ1) is 10.9. The lowest BCUT2D eigenvalue weighted by Gasteiger charge is -2.18. The molecule has 0 atom stereocenters. The van der Waals surface area contributed by atoms with Crippen molar-refractivity contribution in [1.29, 1.82) is 0 Å². The van der Waals surface area contributed by atoms with Crippen LogP contribution in [0.4, 0.5) is 11.4 Å². The molecule has 1 aromatic rings. The van der Waals surface area contributed by atoms with Gasteiger partial charge in [-0.3, -0.25) is 14.4 Å². The average Bonchev–Trinajstić information content (AvgIpc) is 3.38. The number of hydrogen-bond acceptors (Lipinski definition) is 3. The van der Waals surface area contributed by atoms with E-state index < -0.39 is 0 Å². The Bertz CT molecular complexity index is 620. The van der Waals surface area contributed by atoms with Gasteiger partial charge in [0.2, 0.25) is 17.7 Å². The molecule has 1 N–H and O–H groups in total. The largest absolute Gasteiger partial charge is 0.333 e. The monoisotopic (exact) mass is 315 g/mol. The number of likely N-dealkylation sites (N-methyl/N-ethyl adjacent to an activating group) is 1. The normalized spacial score (nSPS) is 13.1. The van der Waals surface area contributed by atoms with Gasteiger partial charge in [0.1, 0.15) is 0 Å². The van der Waals surface area contributed by atoms with Crippen molar-refractivity contribution in [3.63, 3.8) is 0 Å². The second-order valence-electron chi connectivity index (χ2n) is 5.67. The first-order valence-corrected chi connectivity index (χ1v) is 7.47. The van der Waals surface area contributed by atoms with E-state index in [1.165, 1.54) is 11.9 Å². The zero-order valence-electron chi connectivity index (χ0n) is 13.4.